The third kappa shape index (κ3) is 2.95. The number of nitro groups is 1. The van der Waals surface area contributed by atoms with Crippen LogP contribution in [-0.4, -0.2) is 11.5 Å². The fourth-order valence-corrected chi connectivity index (χ4v) is 1.22. The van der Waals surface area contributed by atoms with Crippen LogP contribution in [0.5, 0.6) is 0 Å². The number of nitrogens with zero attached hydrogens (tertiary/aromatic N) is 2. The third-order valence-corrected chi connectivity index (χ3v) is 2.02. The summed E-state index contributed by atoms with van der Waals surface area (Å²) in [6.07, 6.45) is 0. The van der Waals surface area contributed by atoms with E-state index in [2.05, 4.69) is 5.32 Å². The molecule has 0 heterocycles. The Hall–Kier alpha value is -2.09. The molecular formula is C11H13N3O2. The molecule has 0 radical (unpaired) electrons. The lowest BCUT2D eigenvalue weighted by atomic mass is 10.1. The summed E-state index contributed by atoms with van der Waals surface area (Å²) in [7, 11) is 0. The summed E-state index contributed by atoms with van der Waals surface area (Å²) >= 11 is 0. The number of hydrogen-bond acceptors (Lipinski definition) is 4. The molecule has 0 bridgehead atoms. The van der Waals surface area contributed by atoms with Crippen LogP contribution in [0.25, 0.3) is 0 Å². The van der Waals surface area contributed by atoms with Crippen LogP contribution in [0.4, 0.5) is 11.4 Å². The van der Waals surface area contributed by atoms with E-state index < -0.39 is 4.92 Å². The minimum Gasteiger partial charge on any atom is -0.379 e. The maximum Gasteiger partial charge on any atom is 0.293 e. The van der Waals surface area contributed by atoms with Crippen molar-refractivity contribution in [2.45, 2.75) is 13.8 Å². The standard InChI is InChI=1S/C11H13N3O2/c1-8(2)7-13-10-4-3-9(6-12)5-11(10)14(15)16/h3-5,8,13H,7H2,1-2H3. The van der Waals surface area contributed by atoms with Crippen molar-refractivity contribution in [3.05, 3.63) is 33.9 Å². The Labute approximate surface area is 93.9 Å². The first-order chi connectivity index (χ1) is 7.54. The molecule has 1 aromatic carbocycles. The highest BCUT2D eigenvalue weighted by Gasteiger charge is 2.14. The van der Waals surface area contributed by atoms with Gasteiger partial charge in [0.1, 0.15) is 5.69 Å². The average Bonchev–Trinajstić information content (AvgIpc) is 2.25. The minimum atomic E-state index is -0.483. The quantitative estimate of drug-likeness (QED) is 0.623. The fourth-order valence-electron chi connectivity index (χ4n) is 1.22. The summed E-state index contributed by atoms with van der Waals surface area (Å²) in [5, 5.41) is 22.4. The summed E-state index contributed by atoms with van der Waals surface area (Å²) < 4.78 is 0. The van der Waals surface area contributed by atoms with Crippen molar-refractivity contribution in [1.82, 2.24) is 0 Å². The highest BCUT2D eigenvalue weighted by molar-refractivity contribution is 5.64. The Morgan fingerprint density at radius 2 is 2.25 bits per heavy atom. The van der Waals surface area contributed by atoms with Crippen molar-refractivity contribution in [2.24, 2.45) is 5.92 Å². The predicted molar refractivity (Wildman–Crippen MR) is 61.1 cm³/mol. The van der Waals surface area contributed by atoms with E-state index >= 15 is 0 Å². The molecule has 84 valence electrons. The molecule has 1 aromatic rings. The molecule has 0 unspecified atom stereocenters. The first-order valence-electron chi connectivity index (χ1n) is 4.97. The molecule has 5 nitrogen and oxygen atoms in total. The van der Waals surface area contributed by atoms with E-state index in [9.17, 15) is 10.1 Å². The molecule has 16 heavy (non-hydrogen) atoms. The first kappa shape index (κ1) is 12.0. The second-order valence-corrected chi connectivity index (χ2v) is 3.88. The van der Waals surface area contributed by atoms with Crippen LogP contribution in [0.1, 0.15) is 19.4 Å². The topological polar surface area (TPSA) is 79.0 Å². The van der Waals surface area contributed by atoms with Crippen LogP contribution in [0.15, 0.2) is 18.2 Å². The minimum absolute atomic E-state index is 0.0558. The highest BCUT2D eigenvalue weighted by atomic mass is 16.6. The van der Waals surface area contributed by atoms with Crippen molar-refractivity contribution >= 4 is 11.4 Å². The van der Waals surface area contributed by atoms with Gasteiger partial charge in [-0.25, -0.2) is 0 Å². The van der Waals surface area contributed by atoms with E-state index in [0.29, 0.717) is 23.7 Å². The zero-order chi connectivity index (χ0) is 12.1. The largest absolute Gasteiger partial charge is 0.379 e. The summed E-state index contributed by atoms with van der Waals surface area (Å²) in [6.45, 7) is 4.69. The molecule has 0 aliphatic rings. The van der Waals surface area contributed by atoms with Gasteiger partial charge in [-0.1, -0.05) is 13.8 Å². The number of anilines is 1. The van der Waals surface area contributed by atoms with Gasteiger partial charge in [-0.2, -0.15) is 5.26 Å². The van der Waals surface area contributed by atoms with Gasteiger partial charge >= 0.3 is 0 Å². The van der Waals surface area contributed by atoms with Gasteiger partial charge in [0.15, 0.2) is 0 Å². The van der Waals surface area contributed by atoms with Gasteiger partial charge in [0.05, 0.1) is 16.6 Å². The monoisotopic (exact) mass is 219 g/mol. The second-order valence-electron chi connectivity index (χ2n) is 3.88. The third-order valence-electron chi connectivity index (χ3n) is 2.02. The number of hydrogen-bond donors (Lipinski definition) is 1. The Morgan fingerprint density at radius 1 is 1.56 bits per heavy atom. The van der Waals surface area contributed by atoms with Gasteiger partial charge in [0.25, 0.3) is 5.69 Å². The molecule has 0 saturated carbocycles. The van der Waals surface area contributed by atoms with E-state index in [1.54, 1.807) is 12.1 Å². The lowest BCUT2D eigenvalue weighted by Gasteiger charge is -2.09. The number of nitriles is 1. The molecule has 0 spiro atoms. The molecule has 0 aromatic heterocycles. The molecule has 0 saturated heterocycles. The van der Waals surface area contributed by atoms with Gasteiger partial charge < -0.3 is 5.32 Å². The molecule has 5 heteroatoms. The van der Waals surface area contributed by atoms with E-state index in [0.717, 1.165) is 0 Å². The summed E-state index contributed by atoms with van der Waals surface area (Å²) in [5.41, 5.74) is 0.694. The van der Waals surface area contributed by atoms with E-state index in [-0.39, 0.29) is 5.69 Å². The van der Waals surface area contributed by atoms with E-state index in [4.69, 9.17) is 5.26 Å². The maximum absolute atomic E-state index is 10.8. The van der Waals surface area contributed by atoms with Crippen molar-refractivity contribution in [3.63, 3.8) is 0 Å². The summed E-state index contributed by atoms with van der Waals surface area (Å²) in [4.78, 5) is 10.3. The summed E-state index contributed by atoms with van der Waals surface area (Å²) in [6, 6.07) is 6.30. The van der Waals surface area contributed by atoms with Crippen LogP contribution in [0, 0.1) is 27.4 Å². The van der Waals surface area contributed by atoms with E-state index in [1.807, 2.05) is 19.9 Å². The van der Waals surface area contributed by atoms with Crippen LogP contribution in [-0.2, 0) is 0 Å². The summed E-state index contributed by atoms with van der Waals surface area (Å²) in [5.74, 6) is 0.398. The van der Waals surface area contributed by atoms with Crippen molar-refractivity contribution in [3.8, 4) is 6.07 Å². The Balaban J connectivity index is 3.00. The predicted octanol–water partition coefficient (Wildman–Crippen LogP) is 2.53. The van der Waals surface area contributed by atoms with Crippen LogP contribution >= 0.6 is 0 Å². The van der Waals surface area contributed by atoms with Crippen LogP contribution in [0.2, 0.25) is 0 Å². The molecular weight excluding hydrogens is 206 g/mol. The van der Waals surface area contributed by atoms with Gasteiger partial charge in [-0.15, -0.1) is 0 Å². The van der Waals surface area contributed by atoms with Gasteiger partial charge in [-0.05, 0) is 18.1 Å². The highest BCUT2D eigenvalue weighted by Crippen LogP contribution is 2.25. The molecule has 0 amide bonds. The van der Waals surface area contributed by atoms with Gasteiger partial charge in [0.2, 0.25) is 0 Å². The molecule has 1 rings (SSSR count). The number of rotatable bonds is 4. The Morgan fingerprint density at radius 3 is 2.75 bits per heavy atom. The average molecular weight is 219 g/mol. The van der Waals surface area contributed by atoms with Crippen molar-refractivity contribution in [2.75, 3.05) is 11.9 Å². The number of nitro benzene ring substituents is 1. The molecule has 0 aliphatic heterocycles. The Kier molecular flexibility index (Phi) is 3.84. The first-order valence-corrected chi connectivity index (χ1v) is 4.97. The lowest BCUT2D eigenvalue weighted by Crippen LogP contribution is -2.09. The maximum atomic E-state index is 10.8. The lowest BCUT2D eigenvalue weighted by molar-refractivity contribution is -0.384. The zero-order valence-electron chi connectivity index (χ0n) is 9.23. The van der Waals surface area contributed by atoms with Crippen molar-refractivity contribution < 1.29 is 4.92 Å². The SMILES string of the molecule is CC(C)CNc1ccc(C#N)cc1[N+](=O)[O-]. The number of benzene rings is 1. The second kappa shape index (κ2) is 5.12. The smallest absolute Gasteiger partial charge is 0.293 e. The van der Waals surface area contributed by atoms with Crippen LogP contribution < -0.4 is 5.32 Å². The molecule has 0 atom stereocenters. The normalized spacial score (nSPS) is 9.88. The molecule has 0 fully saturated rings. The molecule has 0 aliphatic carbocycles. The fraction of sp³-hybridized carbons (Fsp3) is 0.364. The Bertz CT molecular complexity index is 435. The van der Waals surface area contributed by atoms with Gasteiger partial charge in [0, 0.05) is 12.6 Å². The van der Waals surface area contributed by atoms with E-state index in [1.165, 1.54) is 6.07 Å². The molecule has 1 N–H and O–H groups in total. The zero-order valence-corrected chi connectivity index (χ0v) is 9.23. The van der Waals surface area contributed by atoms with Gasteiger partial charge in [-0.3, -0.25) is 10.1 Å². The van der Waals surface area contributed by atoms with Crippen molar-refractivity contribution in [1.29, 1.82) is 5.26 Å². The van der Waals surface area contributed by atoms with Crippen LogP contribution in [0.3, 0.4) is 0 Å². The number of nitrogens with one attached hydrogen (secondary N) is 1.